The number of phenolic OH excluding ortho intramolecular Hbond substituents is 1. The van der Waals surface area contributed by atoms with Crippen LogP contribution >= 0.6 is 0 Å². The van der Waals surface area contributed by atoms with Crippen LogP contribution in [-0.4, -0.2) is 124 Å². The number of pyridine rings is 1. The van der Waals surface area contributed by atoms with E-state index in [0.29, 0.717) is 43.5 Å². The largest absolute Gasteiger partial charge is 0.508 e. The van der Waals surface area contributed by atoms with Crippen molar-refractivity contribution in [3.05, 3.63) is 107 Å². The van der Waals surface area contributed by atoms with Gasteiger partial charge < -0.3 is 34.3 Å². The van der Waals surface area contributed by atoms with Crippen LogP contribution in [0.2, 0.25) is 0 Å². The lowest BCUT2D eigenvalue weighted by atomic mass is 9.84. The zero-order chi connectivity index (χ0) is 50.0. The smallest absolute Gasteiger partial charge is 0.324 e. The van der Waals surface area contributed by atoms with Gasteiger partial charge in [0.2, 0.25) is 17.7 Å². The molecule has 5 atom stereocenters. The number of hydrogen-bond donors (Lipinski definition) is 4. The standard InChI is InChI=1S/C54H66N8O8/c1-9-61-44-18-17-35-26-39(44)40(49(61)41-28-55-20-19-36(41)30-69-8)27-54(4,5)31-70-53(68)42-16-13-21-62(58-42)51(66)43(24-33-22-37(35)25-38(63)23-33)56-50(65)48(32(2)3)60(7)45(64)29-59(6)52(67)47-46(57-47)34-14-11-10-12-15-34/h10-12,14-15,17-20,22-23,25-26,28,32,42-43,46-48,57-58,63H,9,13,16,21,24,27,29-31H2,1-8H3,(H,56,65)/t42-,43-,46-,47-,48?/m0/s1. The maximum atomic E-state index is 14.8. The third-order valence-electron chi connectivity index (χ3n) is 13.8. The van der Waals surface area contributed by atoms with Gasteiger partial charge in [0.05, 0.1) is 31.5 Å². The quantitative estimate of drug-likeness (QED) is 0.0905. The number of cyclic esters (lactones) is 1. The van der Waals surface area contributed by atoms with Gasteiger partial charge in [0.1, 0.15) is 29.9 Å². The minimum absolute atomic E-state index is 0.0216. The van der Waals surface area contributed by atoms with Gasteiger partial charge in [-0.2, -0.15) is 0 Å². The fourth-order valence-electron chi connectivity index (χ4n) is 10.2. The van der Waals surface area contributed by atoms with Crippen molar-refractivity contribution in [3.63, 3.8) is 0 Å². The van der Waals surface area contributed by atoms with Gasteiger partial charge >= 0.3 is 5.97 Å². The number of nitrogens with zero attached hydrogens (tertiary/aromatic N) is 5. The first kappa shape index (κ1) is 49.8. The van der Waals surface area contributed by atoms with Gasteiger partial charge in [0.25, 0.3) is 5.91 Å². The van der Waals surface area contributed by atoms with E-state index in [1.54, 1.807) is 32.5 Å². The van der Waals surface area contributed by atoms with Crippen LogP contribution in [0.15, 0.2) is 85.2 Å². The molecule has 3 aliphatic rings. The van der Waals surface area contributed by atoms with Crippen molar-refractivity contribution in [2.45, 2.75) is 104 Å². The topological polar surface area (TPSA) is 198 Å². The highest BCUT2D eigenvalue weighted by Crippen LogP contribution is 2.41. The number of aromatic hydroxyl groups is 1. The first-order chi connectivity index (χ1) is 33.5. The van der Waals surface area contributed by atoms with E-state index in [1.807, 2.05) is 68.6 Å². The summed E-state index contributed by atoms with van der Waals surface area (Å²) >= 11 is 0. The number of ether oxygens (including phenoxy) is 2. The molecule has 16 nitrogen and oxygen atoms in total. The molecule has 4 N–H and O–H groups in total. The molecule has 8 rings (SSSR count). The van der Waals surface area contributed by atoms with Gasteiger partial charge in [-0.15, -0.1) is 0 Å². The Hall–Kier alpha value is -6.62. The molecule has 4 amide bonds. The Morgan fingerprint density at radius 2 is 1.80 bits per heavy atom. The number of fused-ring (bicyclic) bond motifs is 6. The highest BCUT2D eigenvalue weighted by Gasteiger charge is 2.45. The number of carbonyl (C=O) groups is 5. The molecule has 370 valence electrons. The van der Waals surface area contributed by atoms with E-state index in [0.717, 1.165) is 44.4 Å². The molecule has 3 aliphatic heterocycles. The van der Waals surface area contributed by atoms with E-state index < -0.39 is 59.2 Å². The number of carbonyl (C=O) groups excluding carboxylic acids is 5. The monoisotopic (exact) mass is 955 g/mol. The maximum absolute atomic E-state index is 14.8. The Balaban J connectivity index is 1.13. The molecule has 70 heavy (non-hydrogen) atoms. The number of hydrazine groups is 1. The summed E-state index contributed by atoms with van der Waals surface area (Å²) in [6.07, 6.45) is 5.07. The van der Waals surface area contributed by atoms with E-state index in [-0.39, 0.29) is 43.8 Å². The number of amides is 4. The van der Waals surface area contributed by atoms with Crippen LogP contribution in [0.4, 0.5) is 0 Å². The van der Waals surface area contributed by atoms with E-state index in [1.165, 1.54) is 21.9 Å². The Morgan fingerprint density at radius 3 is 2.53 bits per heavy atom. The first-order valence-corrected chi connectivity index (χ1v) is 24.2. The van der Waals surface area contributed by atoms with Crippen molar-refractivity contribution in [3.8, 4) is 28.1 Å². The van der Waals surface area contributed by atoms with Crippen molar-refractivity contribution in [2.24, 2.45) is 11.3 Å². The molecule has 1 unspecified atom stereocenters. The second-order valence-electron chi connectivity index (χ2n) is 20.1. The molecule has 6 bridgehead atoms. The molecule has 5 heterocycles. The second kappa shape index (κ2) is 20.8. The van der Waals surface area contributed by atoms with Gasteiger partial charge in [0, 0.05) is 75.0 Å². The fraction of sp³-hybridized carbons (Fsp3) is 0.444. The molecule has 0 aliphatic carbocycles. The summed E-state index contributed by atoms with van der Waals surface area (Å²) < 4.78 is 14.0. The molecule has 2 fully saturated rings. The van der Waals surface area contributed by atoms with Crippen molar-refractivity contribution in [1.82, 2.24) is 40.4 Å². The summed E-state index contributed by atoms with van der Waals surface area (Å²) in [7, 11) is 4.76. The molecule has 2 saturated heterocycles. The average molecular weight is 955 g/mol. The maximum Gasteiger partial charge on any atom is 0.324 e. The van der Waals surface area contributed by atoms with Crippen molar-refractivity contribution in [2.75, 3.05) is 40.9 Å². The second-order valence-corrected chi connectivity index (χ2v) is 20.1. The van der Waals surface area contributed by atoms with Crippen molar-refractivity contribution >= 4 is 40.5 Å². The normalized spacial score (nSPS) is 20.6. The van der Waals surface area contributed by atoms with E-state index in [2.05, 4.69) is 58.5 Å². The number of likely N-dealkylation sites (N-methyl/N-ethyl adjacent to an activating group) is 2. The number of hydrogen-bond acceptors (Lipinski definition) is 11. The number of nitrogens with one attached hydrogen (secondary N) is 3. The Labute approximate surface area is 409 Å². The molecule has 16 heteroatoms. The Morgan fingerprint density at radius 1 is 1.03 bits per heavy atom. The predicted octanol–water partition coefficient (Wildman–Crippen LogP) is 5.55. The van der Waals surface area contributed by atoms with Crippen LogP contribution in [0.1, 0.15) is 75.8 Å². The molecule has 5 aromatic rings. The van der Waals surface area contributed by atoms with Gasteiger partial charge in [-0.25, -0.2) is 5.43 Å². The summed E-state index contributed by atoms with van der Waals surface area (Å²) in [5.74, 6) is -2.66. The van der Waals surface area contributed by atoms with E-state index in [9.17, 15) is 29.1 Å². The molecule has 0 saturated carbocycles. The van der Waals surface area contributed by atoms with Crippen LogP contribution in [0, 0.1) is 11.3 Å². The molecular formula is C54H66N8O8. The number of rotatable bonds is 12. The molecule has 0 spiro atoms. The van der Waals surface area contributed by atoms with Crippen LogP contribution < -0.4 is 16.1 Å². The number of benzene rings is 3. The summed E-state index contributed by atoms with van der Waals surface area (Å²) in [5, 5.41) is 19.9. The lowest BCUT2D eigenvalue weighted by Gasteiger charge is -2.37. The van der Waals surface area contributed by atoms with Gasteiger partial charge in [-0.05, 0) is 95.8 Å². The van der Waals surface area contributed by atoms with Gasteiger partial charge in [-0.1, -0.05) is 70.2 Å². The minimum Gasteiger partial charge on any atom is -0.508 e. The van der Waals surface area contributed by atoms with Crippen LogP contribution in [-0.2, 0) is 59.4 Å². The van der Waals surface area contributed by atoms with Crippen molar-refractivity contribution < 1.29 is 38.6 Å². The summed E-state index contributed by atoms with van der Waals surface area (Å²) in [5.41, 5.74) is 10.6. The summed E-state index contributed by atoms with van der Waals surface area (Å²) in [6, 6.07) is 19.3. The van der Waals surface area contributed by atoms with Gasteiger partial charge in [0.15, 0.2) is 0 Å². The molecular weight excluding hydrogens is 889 g/mol. The van der Waals surface area contributed by atoms with E-state index >= 15 is 0 Å². The minimum atomic E-state index is -1.19. The Bertz CT molecular complexity index is 2770. The first-order valence-electron chi connectivity index (χ1n) is 24.2. The number of esters is 1. The van der Waals surface area contributed by atoms with Crippen LogP contribution in [0.25, 0.3) is 33.3 Å². The molecule has 0 radical (unpaired) electrons. The average Bonchev–Trinajstić information content (AvgIpc) is 4.09. The van der Waals surface area contributed by atoms with Gasteiger partial charge in [-0.3, -0.25) is 39.3 Å². The number of aromatic nitrogens is 2. The number of phenols is 1. The number of aryl methyl sites for hydroxylation is 1. The fourth-order valence-corrected chi connectivity index (χ4v) is 10.2. The molecule has 2 aromatic heterocycles. The zero-order valence-corrected chi connectivity index (χ0v) is 41.5. The highest BCUT2D eigenvalue weighted by molar-refractivity contribution is 5.96. The SMILES string of the molecule is CCn1c(-c2cnccc2COC)c2c3cc(ccc31)-c1cc(O)cc(c1)C[C@H](NC(=O)C(C(C)C)N(C)C(=O)CN(C)C(=O)[C@H]1N[C@H]1c1ccccc1)C(=O)N1CCC[C@H](N1)C(=O)OCC(C)(C)C2. The third-order valence-corrected chi connectivity index (χ3v) is 13.8. The summed E-state index contributed by atoms with van der Waals surface area (Å²) in [6.45, 7) is 11.0. The lowest BCUT2D eigenvalue weighted by Crippen LogP contribution is -2.62. The zero-order valence-electron chi connectivity index (χ0n) is 41.5. The van der Waals surface area contributed by atoms with Crippen molar-refractivity contribution in [1.29, 1.82) is 0 Å². The molecule has 3 aromatic carbocycles. The summed E-state index contributed by atoms with van der Waals surface area (Å²) in [4.78, 5) is 77.8. The van der Waals surface area contributed by atoms with Crippen LogP contribution in [0.3, 0.4) is 0 Å². The predicted molar refractivity (Wildman–Crippen MR) is 266 cm³/mol. The van der Waals surface area contributed by atoms with E-state index in [4.69, 9.17) is 9.47 Å². The third kappa shape index (κ3) is 10.6. The van der Waals surface area contributed by atoms with Crippen LogP contribution in [0.5, 0.6) is 5.75 Å². The lowest BCUT2D eigenvalue weighted by molar-refractivity contribution is -0.155. The number of methoxy groups -OCH3 is 1. The highest BCUT2D eigenvalue weighted by atomic mass is 16.5. The Kier molecular flexibility index (Phi) is 14.8.